The minimum absolute atomic E-state index is 0.0528. The van der Waals surface area contributed by atoms with Gasteiger partial charge in [0.25, 0.3) is 0 Å². The fourth-order valence-electron chi connectivity index (χ4n) is 3.15. The molecule has 1 aromatic heterocycles. The number of piperidine rings is 1. The number of carbonyl (C=O) groups excluding carboxylic acids is 1. The molecular weight excluding hydrogens is 328 g/mol. The molecule has 0 spiro atoms. The molecule has 138 valence electrons. The second kappa shape index (κ2) is 7.72. The minimum Gasteiger partial charge on any atom is -0.472 e. The standard InChI is InChI=1S/C20H26N4O2/c1-13-7-8-17(10-14(13)2)23-20(25)24-9-5-6-18(12-24)26-19-11-15(3)21-16(4)22-19/h7-8,10-11,18H,5-6,9,12H2,1-4H3,(H,23,25). The Morgan fingerprint density at radius 1 is 1.15 bits per heavy atom. The third-order valence-electron chi connectivity index (χ3n) is 4.65. The molecule has 2 aromatic rings. The highest BCUT2D eigenvalue weighted by molar-refractivity contribution is 5.89. The van der Waals surface area contributed by atoms with Crippen molar-refractivity contribution in [3.05, 3.63) is 46.9 Å². The van der Waals surface area contributed by atoms with E-state index in [9.17, 15) is 4.79 Å². The Kier molecular flexibility index (Phi) is 5.40. The molecule has 2 amide bonds. The average molecular weight is 354 g/mol. The first kappa shape index (κ1) is 18.2. The quantitative estimate of drug-likeness (QED) is 0.911. The van der Waals surface area contributed by atoms with E-state index in [0.717, 1.165) is 36.3 Å². The van der Waals surface area contributed by atoms with E-state index in [1.54, 1.807) is 0 Å². The number of rotatable bonds is 3. The average Bonchev–Trinajstić information content (AvgIpc) is 2.57. The van der Waals surface area contributed by atoms with Gasteiger partial charge in [0, 0.05) is 24.0 Å². The van der Waals surface area contributed by atoms with E-state index in [0.29, 0.717) is 18.2 Å². The van der Waals surface area contributed by atoms with Crippen molar-refractivity contribution in [2.75, 3.05) is 18.4 Å². The highest BCUT2D eigenvalue weighted by Gasteiger charge is 2.25. The van der Waals surface area contributed by atoms with Crippen LogP contribution < -0.4 is 10.1 Å². The van der Waals surface area contributed by atoms with Crippen molar-refractivity contribution in [1.82, 2.24) is 14.9 Å². The summed E-state index contributed by atoms with van der Waals surface area (Å²) in [4.78, 5) is 23.0. The molecule has 1 saturated heterocycles. The van der Waals surface area contributed by atoms with Crippen molar-refractivity contribution in [2.24, 2.45) is 0 Å². The van der Waals surface area contributed by atoms with E-state index in [1.807, 2.05) is 49.9 Å². The van der Waals surface area contributed by atoms with Gasteiger partial charge in [0.1, 0.15) is 11.9 Å². The zero-order valence-corrected chi connectivity index (χ0v) is 15.9. The van der Waals surface area contributed by atoms with Crippen molar-refractivity contribution in [3.8, 4) is 5.88 Å². The minimum atomic E-state index is -0.0865. The summed E-state index contributed by atoms with van der Waals surface area (Å²) in [6, 6.07) is 7.70. The summed E-state index contributed by atoms with van der Waals surface area (Å²) in [6.07, 6.45) is 1.77. The van der Waals surface area contributed by atoms with E-state index >= 15 is 0 Å². The molecule has 1 unspecified atom stereocenters. The number of anilines is 1. The van der Waals surface area contributed by atoms with Crippen LogP contribution in [-0.4, -0.2) is 40.1 Å². The molecule has 0 bridgehead atoms. The number of carbonyl (C=O) groups is 1. The lowest BCUT2D eigenvalue weighted by atomic mass is 10.1. The molecule has 1 N–H and O–H groups in total. The number of amides is 2. The summed E-state index contributed by atoms with van der Waals surface area (Å²) in [5, 5.41) is 2.99. The molecule has 1 fully saturated rings. The number of likely N-dealkylation sites (tertiary alicyclic amines) is 1. The van der Waals surface area contributed by atoms with Gasteiger partial charge in [-0.1, -0.05) is 6.07 Å². The number of hydrogen-bond donors (Lipinski definition) is 1. The first-order chi connectivity index (χ1) is 12.4. The van der Waals surface area contributed by atoms with E-state index in [4.69, 9.17) is 4.74 Å². The topological polar surface area (TPSA) is 67.3 Å². The Bertz CT molecular complexity index is 786. The maximum atomic E-state index is 12.6. The number of nitrogens with one attached hydrogen (secondary N) is 1. The van der Waals surface area contributed by atoms with E-state index in [2.05, 4.69) is 22.2 Å². The molecule has 6 heteroatoms. The molecule has 26 heavy (non-hydrogen) atoms. The summed E-state index contributed by atoms with van der Waals surface area (Å²) in [7, 11) is 0. The number of nitrogens with zero attached hydrogens (tertiary/aromatic N) is 3. The van der Waals surface area contributed by atoms with Crippen molar-refractivity contribution < 1.29 is 9.53 Å². The van der Waals surface area contributed by atoms with Crippen LogP contribution >= 0.6 is 0 Å². The van der Waals surface area contributed by atoms with Gasteiger partial charge in [0.2, 0.25) is 5.88 Å². The van der Waals surface area contributed by atoms with E-state index < -0.39 is 0 Å². The fourth-order valence-corrected chi connectivity index (χ4v) is 3.15. The van der Waals surface area contributed by atoms with Crippen LogP contribution in [0.4, 0.5) is 10.5 Å². The predicted molar refractivity (Wildman–Crippen MR) is 102 cm³/mol. The number of aromatic nitrogens is 2. The van der Waals surface area contributed by atoms with Gasteiger partial charge in [0.15, 0.2) is 0 Å². The Hall–Kier alpha value is -2.63. The molecule has 3 rings (SSSR count). The van der Waals surface area contributed by atoms with Crippen LogP contribution in [0.1, 0.15) is 35.5 Å². The molecule has 1 aromatic carbocycles. The van der Waals surface area contributed by atoms with Crippen LogP contribution in [0.3, 0.4) is 0 Å². The van der Waals surface area contributed by atoms with Crippen LogP contribution in [0.25, 0.3) is 0 Å². The van der Waals surface area contributed by atoms with Crippen LogP contribution in [0.15, 0.2) is 24.3 Å². The number of aryl methyl sites for hydroxylation is 4. The normalized spacial score (nSPS) is 17.1. The molecule has 0 radical (unpaired) electrons. The van der Waals surface area contributed by atoms with E-state index in [1.165, 1.54) is 5.56 Å². The van der Waals surface area contributed by atoms with Gasteiger partial charge >= 0.3 is 6.03 Å². The van der Waals surface area contributed by atoms with Crippen LogP contribution in [0, 0.1) is 27.7 Å². The predicted octanol–water partition coefficient (Wildman–Crippen LogP) is 3.79. The Morgan fingerprint density at radius 2 is 1.96 bits per heavy atom. The maximum absolute atomic E-state index is 12.6. The molecule has 1 atom stereocenters. The van der Waals surface area contributed by atoms with Crippen LogP contribution in [0.5, 0.6) is 5.88 Å². The largest absolute Gasteiger partial charge is 0.472 e. The number of ether oxygens (including phenoxy) is 1. The summed E-state index contributed by atoms with van der Waals surface area (Å²) in [5.74, 6) is 1.27. The molecule has 6 nitrogen and oxygen atoms in total. The summed E-state index contributed by atoms with van der Waals surface area (Å²) in [5.41, 5.74) is 4.08. The SMILES string of the molecule is Cc1cc(OC2CCCN(C(=O)Nc3ccc(C)c(C)c3)C2)nc(C)n1. The van der Waals surface area contributed by atoms with E-state index in [-0.39, 0.29) is 12.1 Å². The maximum Gasteiger partial charge on any atom is 0.321 e. The van der Waals surface area contributed by atoms with Gasteiger partial charge < -0.3 is 15.0 Å². The molecule has 1 aliphatic heterocycles. The highest BCUT2D eigenvalue weighted by atomic mass is 16.5. The lowest BCUT2D eigenvalue weighted by Gasteiger charge is -2.32. The zero-order chi connectivity index (χ0) is 18.7. The third-order valence-corrected chi connectivity index (χ3v) is 4.65. The van der Waals surface area contributed by atoms with Gasteiger partial charge in [-0.25, -0.2) is 9.78 Å². The fraction of sp³-hybridized carbons (Fsp3) is 0.450. The molecule has 0 aliphatic carbocycles. The third kappa shape index (κ3) is 4.50. The van der Waals surface area contributed by atoms with Crippen LogP contribution in [0.2, 0.25) is 0 Å². The van der Waals surface area contributed by atoms with Crippen molar-refractivity contribution >= 4 is 11.7 Å². The summed E-state index contributed by atoms with van der Waals surface area (Å²) in [6.45, 7) is 9.17. The highest BCUT2D eigenvalue weighted by Crippen LogP contribution is 2.19. The smallest absolute Gasteiger partial charge is 0.321 e. The van der Waals surface area contributed by atoms with Crippen molar-refractivity contribution in [1.29, 1.82) is 0 Å². The van der Waals surface area contributed by atoms with Gasteiger partial charge in [-0.2, -0.15) is 4.98 Å². The monoisotopic (exact) mass is 354 g/mol. The molecule has 2 heterocycles. The van der Waals surface area contributed by atoms with Gasteiger partial charge in [-0.05, 0) is 63.8 Å². The summed E-state index contributed by atoms with van der Waals surface area (Å²) >= 11 is 0. The Labute approximate surface area is 154 Å². The second-order valence-corrected chi connectivity index (χ2v) is 6.95. The Morgan fingerprint density at radius 3 is 2.69 bits per heavy atom. The number of hydrogen-bond acceptors (Lipinski definition) is 4. The molecule has 0 saturated carbocycles. The van der Waals surface area contributed by atoms with Crippen LogP contribution in [-0.2, 0) is 0 Å². The second-order valence-electron chi connectivity index (χ2n) is 6.95. The van der Waals surface area contributed by atoms with Gasteiger partial charge in [-0.15, -0.1) is 0 Å². The number of benzene rings is 1. The molecular formula is C20H26N4O2. The summed E-state index contributed by atoms with van der Waals surface area (Å²) < 4.78 is 6.01. The lowest BCUT2D eigenvalue weighted by molar-refractivity contribution is 0.102. The zero-order valence-electron chi connectivity index (χ0n) is 15.9. The van der Waals surface area contributed by atoms with Crippen molar-refractivity contribution in [3.63, 3.8) is 0 Å². The first-order valence-electron chi connectivity index (χ1n) is 9.03. The van der Waals surface area contributed by atoms with Gasteiger partial charge in [-0.3, -0.25) is 0 Å². The van der Waals surface area contributed by atoms with Gasteiger partial charge in [0.05, 0.1) is 6.54 Å². The Balaban J connectivity index is 1.62. The molecule has 1 aliphatic rings. The number of urea groups is 1. The first-order valence-corrected chi connectivity index (χ1v) is 9.03. The van der Waals surface area contributed by atoms with Crippen molar-refractivity contribution in [2.45, 2.75) is 46.6 Å². The lowest BCUT2D eigenvalue weighted by Crippen LogP contribution is -2.46.